The third-order valence-electron chi connectivity index (χ3n) is 7.60. The van der Waals surface area contributed by atoms with Gasteiger partial charge in [-0.15, -0.1) is 22.7 Å². The first-order valence-corrected chi connectivity index (χ1v) is 16.0. The largest absolute Gasteiger partial charge is 0.478 e. The number of methoxy groups -OCH3 is 1. The van der Waals surface area contributed by atoms with Gasteiger partial charge in [0, 0.05) is 59.8 Å². The third-order valence-corrected chi connectivity index (χ3v) is 9.91. The summed E-state index contributed by atoms with van der Waals surface area (Å²) in [6.45, 7) is 17.3. The fourth-order valence-corrected chi connectivity index (χ4v) is 7.31. The maximum absolute atomic E-state index is 11.7. The molecule has 8 nitrogen and oxygen atoms in total. The molecule has 4 rings (SSSR count). The summed E-state index contributed by atoms with van der Waals surface area (Å²) in [6.07, 6.45) is 6.21. The van der Waals surface area contributed by atoms with E-state index in [0.717, 1.165) is 94.5 Å². The normalized spacial score (nSPS) is 17.2. The summed E-state index contributed by atoms with van der Waals surface area (Å²) in [7, 11) is 1.42. The van der Waals surface area contributed by atoms with E-state index in [1.165, 1.54) is 34.5 Å². The van der Waals surface area contributed by atoms with Crippen molar-refractivity contribution >= 4 is 45.8 Å². The number of carbonyl (C=O) groups is 2. The number of allylic oxidation sites excluding steroid dienone is 2. The average molecular weight is 605 g/mol. The zero-order chi connectivity index (χ0) is 29.8. The lowest BCUT2D eigenvalue weighted by Crippen LogP contribution is -2.36. The molecule has 2 aromatic rings. The molecule has 2 fully saturated rings. The van der Waals surface area contributed by atoms with Crippen molar-refractivity contribution < 1.29 is 28.9 Å². The van der Waals surface area contributed by atoms with E-state index in [9.17, 15) is 9.59 Å². The smallest absolute Gasteiger partial charge is 0.338 e. The van der Waals surface area contributed by atoms with Crippen LogP contribution in [0.5, 0.6) is 0 Å². The van der Waals surface area contributed by atoms with Crippen LogP contribution in [-0.4, -0.2) is 99.7 Å². The molecule has 226 valence electrons. The Hall–Kier alpha value is -2.34. The van der Waals surface area contributed by atoms with Gasteiger partial charge in [-0.05, 0) is 62.8 Å². The van der Waals surface area contributed by atoms with Gasteiger partial charge in [0.15, 0.2) is 0 Å². The Balaban J connectivity index is 0.000000226. The second-order valence-corrected chi connectivity index (χ2v) is 11.8. The molecular weight excluding hydrogens is 560 g/mol. The van der Waals surface area contributed by atoms with Crippen LogP contribution >= 0.6 is 22.7 Å². The number of ether oxygens (including phenoxy) is 3. The van der Waals surface area contributed by atoms with E-state index in [2.05, 4.69) is 28.9 Å². The molecule has 0 amide bonds. The first kappa shape index (κ1) is 33.2. The summed E-state index contributed by atoms with van der Waals surface area (Å²) in [6, 6.07) is 0. The van der Waals surface area contributed by atoms with Crippen LogP contribution in [-0.2, 0) is 14.2 Å². The van der Waals surface area contributed by atoms with Gasteiger partial charge < -0.3 is 19.3 Å². The summed E-state index contributed by atoms with van der Waals surface area (Å²) in [5, 5.41) is 12.8. The molecule has 2 aliphatic heterocycles. The second-order valence-electron chi connectivity index (χ2n) is 10.0. The van der Waals surface area contributed by atoms with Crippen LogP contribution in [0.3, 0.4) is 0 Å². The maximum atomic E-state index is 11.7. The second kappa shape index (κ2) is 16.9. The van der Waals surface area contributed by atoms with E-state index in [-0.39, 0.29) is 5.97 Å². The number of nitrogens with zero attached hydrogens (tertiary/aromatic N) is 2. The molecule has 0 unspecified atom stereocenters. The minimum atomic E-state index is -0.839. The number of carbonyl (C=O) groups excluding carboxylic acids is 1. The van der Waals surface area contributed by atoms with Gasteiger partial charge in [0.1, 0.15) is 0 Å². The molecule has 0 atom stereocenters. The molecule has 0 aromatic carbocycles. The number of carboxylic acids is 1. The van der Waals surface area contributed by atoms with E-state index in [0.29, 0.717) is 11.1 Å². The van der Waals surface area contributed by atoms with E-state index < -0.39 is 5.97 Å². The molecule has 0 radical (unpaired) electrons. The lowest BCUT2D eigenvalue weighted by molar-refractivity contribution is 0.0389. The topological polar surface area (TPSA) is 88.5 Å². The highest BCUT2D eigenvalue weighted by Crippen LogP contribution is 2.32. The van der Waals surface area contributed by atoms with Crippen LogP contribution < -0.4 is 0 Å². The van der Waals surface area contributed by atoms with Crippen LogP contribution in [0.15, 0.2) is 22.9 Å². The van der Waals surface area contributed by atoms with Gasteiger partial charge in [-0.2, -0.15) is 0 Å². The van der Waals surface area contributed by atoms with E-state index in [1.807, 2.05) is 26.2 Å². The standard InChI is InChI=1S/C16H23NO3S.C15H21NO3S/c1-4-13(5-6-17-7-9-20-10-8-17)15-12(2)14(11-21-15)16(18)19-3;1-3-12(4-5-16-6-8-19-9-7-16)14-11(2)13(10-20-14)15(17)18/h4,11H,5-10H2,1-3H3;3,10H,4-9H2,1-2H3,(H,17,18)/b13-4-;12-3-. The molecule has 2 aromatic heterocycles. The summed E-state index contributed by atoms with van der Waals surface area (Å²) in [5.74, 6) is -1.09. The summed E-state index contributed by atoms with van der Waals surface area (Å²) >= 11 is 3.16. The molecule has 41 heavy (non-hydrogen) atoms. The Morgan fingerprint density at radius 2 is 1.24 bits per heavy atom. The predicted octanol–water partition coefficient (Wildman–Crippen LogP) is 5.85. The zero-order valence-electron chi connectivity index (χ0n) is 25.0. The molecule has 2 aliphatic rings. The number of hydrogen-bond donors (Lipinski definition) is 1. The third kappa shape index (κ3) is 9.33. The van der Waals surface area contributed by atoms with E-state index in [4.69, 9.17) is 19.3 Å². The van der Waals surface area contributed by atoms with Crippen LogP contribution in [0.25, 0.3) is 11.1 Å². The van der Waals surface area contributed by atoms with Crippen molar-refractivity contribution in [2.75, 3.05) is 72.8 Å². The summed E-state index contributed by atoms with van der Waals surface area (Å²) in [5.41, 5.74) is 5.57. The summed E-state index contributed by atoms with van der Waals surface area (Å²) in [4.78, 5) is 30.0. The van der Waals surface area contributed by atoms with E-state index in [1.54, 1.807) is 16.7 Å². The highest BCUT2D eigenvalue weighted by Gasteiger charge is 2.19. The Labute approximate surface area is 252 Å². The van der Waals surface area contributed by atoms with Gasteiger partial charge >= 0.3 is 11.9 Å². The predicted molar refractivity (Wildman–Crippen MR) is 167 cm³/mol. The van der Waals surface area contributed by atoms with Crippen molar-refractivity contribution in [1.82, 2.24) is 9.80 Å². The average Bonchev–Trinajstić information content (AvgIpc) is 3.57. The molecular formula is C31H44N2O6S2. The van der Waals surface area contributed by atoms with Crippen molar-refractivity contribution in [3.05, 3.63) is 54.9 Å². The van der Waals surface area contributed by atoms with Crippen molar-refractivity contribution in [1.29, 1.82) is 0 Å². The number of hydrogen-bond acceptors (Lipinski definition) is 9. The fourth-order valence-electron chi connectivity index (χ4n) is 4.97. The molecule has 0 bridgehead atoms. The van der Waals surface area contributed by atoms with Crippen LogP contribution in [0.1, 0.15) is 68.3 Å². The number of aromatic carboxylic acids is 1. The van der Waals surface area contributed by atoms with Gasteiger partial charge in [-0.25, -0.2) is 9.59 Å². The van der Waals surface area contributed by atoms with Gasteiger partial charge in [-0.3, -0.25) is 9.80 Å². The van der Waals surface area contributed by atoms with Crippen LogP contribution in [0.4, 0.5) is 0 Å². The molecule has 1 N–H and O–H groups in total. The van der Waals surface area contributed by atoms with Crippen molar-refractivity contribution in [2.45, 2.75) is 40.5 Å². The Morgan fingerprint density at radius 1 is 0.829 bits per heavy atom. The number of morpholine rings is 2. The lowest BCUT2D eigenvalue weighted by atomic mass is 10.0. The van der Waals surface area contributed by atoms with Crippen LogP contribution in [0.2, 0.25) is 0 Å². The number of esters is 1. The highest BCUT2D eigenvalue weighted by molar-refractivity contribution is 7.12. The highest BCUT2D eigenvalue weighted by atomic mass is 32.1. The lowest BCUT2D eigenvalue weighted by Gasteiger charge is -2.26. The quantitative estimate of drug-likeness (QED) is 0.338. The molecule has 10 heteroatoms. The van der Waals surface area contributed by atoms with Crippen molar-refractivity contribution in [3.8, 4) is 0 Å². The molecule has 0 spiro atoms. The van der Waals surface area contributed by atoms with Gasteiger partial charge in [-0.1, -0.05) is 12.2 Å². The molecule has 4 heterocycles. The molecule has 0 aliphatic carbocycles. The van der Waals surface area contributed by atoms with Crippen LogP contribution in [0, 0.1) is 13.8 Å². The molecule has 0 saturated carbocycles. The monoisotopic (exact) mass is 604 g/mol. The zero-order valence-corrected chi connectivity index (χ0v) is 26.6. The number of carboxylic acid groups (broad SMARTS) is 1. The Bertz CT molecular complexity index is 1200. The minimum Gasteiger partial charge on any atom is -0.478 e. The first-order chi connectivity index (χ1) is 19.8. The summed E-state index contributed by atoms with van der Waals surface area (Å²) < 4.78 is 15.5. The van der Waals surface area contributed by atoms with Gasteiger partial charge in [0.2, 0.25) is 0 Å². The van der Waals surface area contributed by atoms with Crippen molar-refractivity contribution in [2.24, 2.45) is 0 Å². The van der Waals surface area contributed by atoms with E-state index >= 15 is 0 Å². The Morgan fingerprint density at radius 3 is 1.61 bits per heavy atom. The number of thiophene rings is 2. The number of rotatable bonds is 10. The minimum absolute atomic E-state index is 0.251. The fraction of sp³-hybridized carbons (Fsp3) is 0.548. The Kier molecular flexibility index (Phi) is 13.7. The van der Waals surface area contributed by atoms with Crippen molar-refractivity contribution in [3.63, 3.8) is 0 Å². The first-order valence-electron chi connectivity index (χ1n) is 14.2. The van der Waals surface area contributed by atoms with Gasteiger partial charge in [0.25, 0.3) is 0 Å². The van der Waals surface area contributed by atoms with Gasteiger partial charge in [0.05, 0.1) is 44.7 Å². The maximum Gasteiger partial charge on any atom is 0.338 e. The molecule has 2 saturated heterocycles. The SMILES string of the molecule is C/C=C(/CCN1CCOCC1)c1scc(C(=O)O)c1C.C/C=C(/CCN1CCOCC1)c1scc(C(=O)OC)c1C.